The van der Waals surface area contributed by atoms with Crippen molar-refractivity contribution in [3.63, 3.8) is 0 Å². The van der Waals surface area contributed by atoms with Crippen LogP contribution in [0.15, 0.2) is 69.6 Å². The third kappa shape index (κ3) is 7.74. The molecule has 1 aliphatic heterocycles. The molecule has 2 unspecified atom stereocenters. The number of aliphatic hydroxyl groups excluding tert-OH is 1. The maximum absolute atomic E-state index is 10.3. The number of hydrogen-bond donors (Lipinski definition) is 1. The standard InChI is InChI=1S/C24H34O3/c1-18(2)7-5-8-19(3)9-6-10-20(4)11-12-21-13-14-23(27-24(21)25)22-15-16-26-17-22/h7,9,11,13,15-17,23-25H,5-6,8,10,12,14H2,1-4H3/b19-9+,20-11+. The molecule has 1 aromatic rings. The van der Waals surface area contributed by atoms with Crippen molar-refractivity contribution in [2.45, 2.75) is 78.6 Å². The largest absolute Gasteiger partial charge is 0.472 e. The van der Waals surface area contributed by atoms with Gasteiger partial charge in [-0.1, -0.05) is 41.0 Å². The van der Waals surface area contributed by atoms with E-state index in [-0.39, 0.29) is 6.10 Å². The smallest absolute Gasteiger partial charge is 0.178 e. The van der Waals surface area contributed by atoms with Gasteiger partial charge >= 0.3 is 0 Å². The highest BCUT2D eigenvalue weighted by Gasteiger charge is 2.24. The van der Waals surface area contributed by atoms with Crippen molar-refractivity contribution in [3.8, 4) is 0 Å². The van der Waals surface area contributed by atoms with Gasteiger partial charge in [-0.3, -0.25) is 0 Å². The van der Waals surface area contributed by atoms with E-state index in [1.165, 1.54) is 16.7 Å². The first kappa shape index (κ1) is 21.5. The Hall–Kier alpha value is -1.84. The summed E-state index contributed by atoms with van der Waals surface area (Å²) in [5, 5.41) is 10.3. The Balaban J connectivity index is 1.75. The quantitative estimate of drug-likeness (QED) is 0.486. The molecule has 3 nitrogen and oxygen atoms in total. The molecule has 0 spiro atoms. The molecule has 0 amide bonds. The van der Waals surface area contributed by atoms with E-state index in [9.17, 15) is 5.11 Å². The van der Waals surface area contributed by atoms with Crippen molar-refractivity contribution in [2.24, 2.45) is 0 Å². The maximum Gasteiger partial charge on any atom is 0.178 e. The molecule has 0 saturated carbocycles. The minimum absolute atomic E-state index is 0.118. The molecule has 0 bridgehead atoms. The number of rotatable bonds is 9. The van der Waals surface area contributed by atoms with Crippen LogP contribution in [0, 0.1) is 0 Å². The molecule has 27 heavy (non-hydrogen) atoms. The molecule has 3 heteroatoms. The van der Waals surface area contributed by atoms with Gasteiger partial charge in [-0.05, 0) is 77.9 Å². The van der Waals surface area contributed by atoms with Gasteiger partial charge in [-0.2, -0.15) is 0 Å². The lowest BCUT2D eigenvalue weighted by molar-refractivity contribution is -0.122. The van der Waals surface area contributed by atoms with Crippen LogP contribution in [0.2, 0.25) is 0 Å². The summed E-state index contributed by atoms with van der Waals surface area (Å²) >= 11 is 0. The summed E-state index contributed by atoms with van der Waals surface area (Å²) in [7, 11) is 0. The van der Waals surface area contributed by atoms with E-state index in [2.05, 4.69) is 52.0 Å². The van der Waals surface area contributed by atoms with Crippen molar-refractivity contribution >= 4 is 0 Å². The molecule has 0 aromatic carbocycles. The Kier molecular flexibility index (Phi) is 8.83. The van der Waals surface area contributed by atoms with Crippen LogP contribution < -0.4 is 0 Å². The Bertz CT molecular complexity index is 685. The summed E-state index contributed by atoms with van der Waals surface area (Å²) < 4.78 is 10.8. The first-order valence-electron chi connectivity index (χ1n) is 9.95. The van der Waals surface area contributed by atoms with Gasteiger partial charge in [0.25, 0.3) is 0 Å². The van der Waals surface area contributed by atoms with Crippen LogP contribution in [0.5, 0.6) is 0 Å². The van der Waals surface area contributed by atoms with E-state index in [1.807, 2.05) is 6.07 Å². The van der Waals surface area contributed by atoms with E-state index in [0.717, 1.165) is 49.7 Å². The fourth-order valence-corrected chi connectivity index (χ4v) is 3.15. The second-order valence-electron chi connectivity index (χ2n) is 7.71. The monoisotopic (exact) mass is 370 g/mol. The second kappa shape index (κ2) is 11.1. The fraction of sp³-hybridized carbons (Fsp3) is 0.500. The third-order valence-corrected chi connectivity index (χ3v) is 4.93. The Morgan fingerprint density at radius 1 is 1.07 bits per heavy atom. The van der Waals surface area contributed by atoms with Crippen LogP contribution in [0.4, 0.5) is 0 Å². The lowest BCUT2D eigenvalue weighted by Crippen LogP contribution is -2.22. The second-order valence-corrected chi connectivity index (χ2v) is 7.71. The van der Waals surface area contributed by atoms with Crippen molar-refractivity contribution in [2.75, 3.05) is 0 Å². The fourth-order valence-electron chi connectivity index (χ4n) is 3.15. The van der Waals surface area contributed by atoms with Crippen molar-refractivity contribution in [1.29, 1.82) is 0 Å². The molecule has 0 fully saturated rings. The highest BCUT2D eigenvalue weighted by Crippen LogP contribution is 2.31. The topological polar surface area (TPSA) is 42.6 Å². The van der Waals surface area contributed by atoms with Crippen LogP contribution >= 0.6 is 0 Å². The summed E-state index contributed by atoms with van der Waals surface area (Å²) in [6.45, 7) is 8.68. The predicted molar refractivity (Wildman–Crippen MR) is 111 cm³/mol. The molecular formula is C24H34O3. The maximum atomic E-state index is 10.3. The van der Waals surface area contributed by atoms with E-state index in [1.54, 1.807) is 12.5 Å². The molecule has 2 atom stereocenters. The average Bonchev–Trinajstić information content (AvgIpc) is 3.15. The van der Waals surface area contributed by atoms with Crippen molar-refractivity contribution < 1.29 is 14.3 Å². The van der Waals surface area contributed by atoms with Gasteiger partial charge in [0.15, 0.2) is 6.29 Å². The third-order valence-electron chi connectivity index (χ3n) is 4.93. The molecule has 0 radical (unpaired) electrons. The zero-order valence-electron chi connectivity index (χ0n) is 17.2. The lowest BCUT2D eigenvalue weighted by Gasteiger charge is -2.26. The summed E-state index contributed by atoms with van der Waals surface area (Å²) in [5.74, 6) is 0. The molecule has 1 aromatic heterocycles. The number of aliphatic hydroxyl groups is 1. The Morgan fingerprint density at radius 2 is 1.78 bits per heavy atom. The van der Waals surface area contributed by atoms with Crippen molar-refractivity contribution in [1.82, 2.24) is 0 Å². The van der Waals surface area contributed by atoms with E-state index in [0.29, 0.717) is 0 Å². The molecule has 0 saturated heterocycles. The number of allylic oxidation sites excluding steroid dienone is 6. The van der Waals surface area contributed by atoms with Gasteiger partial charge in [0.1, 0.15) is 0 Å². The molecule has 2 heterocycles. The van der Waals surface area contributed by atoms with E-state index < -0.39 is 6.29 Å². The average molecular weight is 371 g/mol. The zero-order chi connectivity index (χ0) is 19.6. The van der Waals surface area contributed by atoms with Crippen LogP contribution in [0.1, 0.15) is 77.9 Å². The zero-order valence-corrected chi connectivity index (χ0v) is 17.2. The number of hydrogen-bond acceptors (Lipinski definition) is 3. The summed E-state index contributed by atoms with van der Waals surface area (Å²) in [6, 6.07) is 1.88. The highest BCUT2D eigenvalue weighted by atomic mass is 16.6. The van der Waals surface area contributed by atoms with E-state index in [4.69, 9.17) is 9.15 Å². The SMILES string of the molecule is CC(C)=CCC/C(C)=C/CC/C(C)=C/CC1=CCC(c2ccoc2)OC1O. The Labute approximate surface area is 164 Å². The predicted octanol–water partition coefficient (Wildman–Crippen LogP) is 6.80. The molecule has 1 aliphatic rings. The Morgan fingerprint density at radius 3 is 2.41 bits per heavy atom. The van der Waals surface area contributed by atoms with Gasteiger partial charge in [0.2, 0.25) is 0 Å². The molecule has 0 aliphatic carbocycles. The van der Waals surface area contributed by atoms with Gasteiger partial charge in [-0.15, -0.1) is 0 Å². The van der Waals surface area contributed by atoms with Gasteiger partial charge in [-0.25, -0.2) is 0 Å². The van der Waals surface area contributed by atoms with Crippen LogP contribution in [-0.2, 0) is 4.74 Å². The van der Waals surface area contributed by atoms with Crippen LogP contribution in [0.25, 0.3) is 0 Å². The normalized spacial score (nSPS) is 21.1. The molecule has 1 N–H and O–H groups in total. The molecular weight excluding hydrogens is 336 g/mol. The summed E-state index contributed by atoms with van der Waals surface area (Å²) in [4.78, 5) is 0. The number of furan rings is 1. The van der Waals surface area contributed by atoms with Gasteiger partial charge < -0.3 is 14.3 Å². The minimum atomic E-state index is -0.833. The lowest BCUT2D eigenvalue weighted by atomic mass is 10.00. The van der Waals surface area contributed by atoms with Crippen LogP contribution in [-0.4, -0.2) is 11.4 Å². The minimum Gasteiger partial charge on any atom is -0.472 e. The summed E-state index contributed by atoms with van der Waals surface area (Å²) in [5.41, 5.74) is 6.13. The van der Waals surface area contributed by atoms with E-state index >= 15 is 0 Å². The van der Waals surface area contributed by atoms with Crippen molar-refractivity contribution in [3.05, 3.63) is 70.8 Å². The first-order chi connectivity index (χ1) is 13.0. The molecule has 148 valence electrons. The first-order valence-corrected chi connectivity index (χ1v) is 9.95. The van der Waals surface area contributed by atoms with Crippen LogP contribution in [0.3, 0.4) is 0 Å². The van der Waals surface area contributed by atoms with Gasteiger partial charge in [0.05, 0.1) is 18.6 Å². The highest BCUT2D eigenvalue weighted by molar-refractivity contribution is 5.20. The number of ether oxygens (including phenoxy) is 1. The summed E-state index contributed by atoms with van der Waals surface area (Å²) in [6.07, 6.45) is 17.2. The van der Waals surface area contributed by atoms with Gasteiger partial charge in [0, 0.05) is 5.56 Å². The molecule has 2 rings (SSSR count).